The molecular formula is C30H31ClN2O7. The minimum Gasteiger partial charge on any atom is -0.480 e. The van der Waals surface area contributed by atoms with E-state index in [9.17, 15) is 29.4 Å². The van der Waals surface area contributed by atoms with Crippen LogP contribution in [0.3, 0.4) is 0 Å². The van der Waals surface area contributed by atoms with E-state index in [1.807, 2.05) is 38.1 Å². The SMILES string of the molecule is CC(C)COC(=O)N(CC(=O)O)Cc1ccccc1-c1ccc(CC(NC(=O)c2ccccc2Cl)C(=O)O)cc1. The van der Waals surface area contributed by atoms with E-state index < -0.39 is 36.5 Å². The van der Waals surface area contributed by atoms with Crippen molar-refractivity contribution in [3.63, 3.8) is 0 Å². The van der Waals surface area contributed by atoms with Crippen LogP contribution in [0.5, 0.6) is 0 Å². The van der Waals surface area contributed by atoms with Gasteiger partial charge < -0.3 is 20.3 Å². The molecule has 0 fully saturated rings. The van der Waals surface area contributed by atoms with E-state index in [-0.39, 0.29) is 36.1 Å². The van der Waals surface area contributed by atoms with Crippen LogP contribution in [0.25, 0.3) is 11.1 Å². The number of hydrogen-bond donors (Lipinski definition) is 3. The largest absolute Gasteiger partial charge is 0.480 e. The van der Waals surface area contributed by atoms with Gasteiger partial charge in [0.05, 0.1) is 23.7 Å². The molecule has 1 atom stereocenters. The van der Waals surface area contributed by atoms with Gasteiger partial charge in [0.1, 0.15) is 12.6 Å². The number of benzene rings is 3. The molecule has 0 bridgehead atoms. The number of nitrogens with zero attached hydrogens (tertiary/aromatic N) is 1. The summed E-state index contributed by atoms with van der Waals surface area (Å²) < 4.78 is 5.26. The molecule has 0 saturated carbocycles. The first kappa shape index (κ1) is 30.2. The Balaban J connectivity index is 1.77. The normalized spacial score (nSPS) is 11.5. The highest BCUT2D eigenvalue weighted by Crippen LogP contribution is 2.26. The Bertz CT molecular complexity index is 1360. The quantitative estimate of drug-likeness (QED) is 0.277. The first-order chi connectivity index (χ1) is 19.0. The number of carboxylic acids is 2. The zero-order valence-corrected chi connectivity index (χ0v) is 22.9. The fourth-order valence-electron chi connectivity index (χ4n) is 3.96. The molecule has 0 aliphatic heterocycles. The van der Waals surface area contributed by atoms with Crippen molar-refractivity contribution in [3.8, 4) is 11.1 Å². The number of ether oxygens (including phenoxy) is 1. The molecule has 3 aromatic rings. The van der Waals surface area contributed by atoms with Gasteiger partial charge in [0.15, 0.2) is 0 Å². The predicted molar refractivity (Wildman–Crippen MR) is 150 cm³/mol. The topological polar surface area (TPSA) is 133 Å². The molecule has 2 amide bonds. The van der Waals surface area contributed by atoms with E-state index in [1.54, 1.807) is 42.5 Å². The van der Waals surface area contributed by atoms with Gasteiger partial charge in [-0.1, -0.05) is 86.1 Å². The number of amides is 2. The zero-order valence-electron chi connectivity index (χ0n) is 22.2. The highest BCUT2D eigenvalue weighted by Gasteiger charge is 2.23. The van der Waals surface area contributed by atoms with Crippen LogP contribution in [0.2, 0.25) is 5.02 Å². The molecule has 3 N–H and O–H groups in total. The van der Waals surface area contributed by atoms with Crippen molar-refractivity contribution >= 4 is 35.5 Å². The van der Waals surface area contributed by atoms with Gasteiger partial charge in [0, 0.05) is 6.42 Å². The van der Waals surface area contributed by atoms with Gasteiger partial charge in [0.2, 0.25) is 0 Å². The maximum Gasteiger partial charge on any atom is 0.410 e. The molecular weight excluding hydrogens is 536 g/mol. The Morgan fingerprint density at radius 3 is 2.20 bits per heavy atom. The molecule has 1 unspecified atom stereocenters. The van der Waals surface area contributed by atoms with Crippen LogP contribution < -0.4 is 5.32 Å². The molecule has 0 spiro atoms. The molecule has 0 aliphatic rings. The maximum atomic E-state index is 12.6. The minimum atomic E-state index is -1.18. The van der Waals surface area contributed by atoms with Crippen LogP contribution in [-0.4, -0.2) is 58.2 Å². The van der Waals surface area contributed by atoms with Gasteiger partial charge in [-0.3, -0.25) is 14.5 Å². The fourth-order valence-corrected chi connectivity index (χ4v) is 4.18. The minimum absolute atomic E-state index is 0.0241. The molecule has 0 radical (unpaired) electrons. The van der Waals surface area contributed by atoms with Gasteiger partial charge in [-0.2, -0.15) is 0 Å². The van der Waals surface area contributed by atoms with Crippen LogP contribution in [0.4, 0.5) is 4.79 Å². The van der Waals surface area contributed by atoms with Crippen molar-refractivity contribution in [2.75, 3.05) is 13.2 Å². The standard InChI is InChI=1S/C30H31ClN2O7/c1-19(2)18-40-30(39)33(17-27(34)35)16-22-7-3-4-8-23(22)21-13-11-20(12-14-21)15-26(29(37)38)32-28(36)24-9-5-6-10-25(24)31/h3-14,19,26H,15-18H2,1-2H3,(H,32,36)(H,34,35)(H,37,38). The lowest BCUT2D eigenvalue weighted by Gasteiger charge is -2.22. The summed E-state index contributed by atoms with van der Waals surface area (Å²) >= 11 is 6.07. The lowest BCUT2D eigenvalue weighted by Crippen LogP contribution is -2.42. The van der Waals surface area contributed by atoms with Crippen LogP contribution in [0.1, 0.15) is 35.3 Å². The Kier molecular flexibility index (Phi) is 10.7. The molecule has 3 rings (SSSR count). The Morgan fingerprint density at radius 2 is 1.57 bits per heavy atom. The van der Waals surface area contributed by atoms with E-state index in [4.69, 9.17) is 16.3 Å². The lowest BCUT2D eigenvalue weighted by atomic mass is 9.96. The molecule has 0 aliphatic carbocycles. The van der Waals surface area contributed by atoms with Crippen molar-refractivity contribution in [2.24, 2.45) is 5.92 Å². The molecule has 40 heavy (non-hydrogen) atoms. The average molecular weight is 567 g/mol. The number of carbonyl (C=O) groups excluding carboxylic acids is 2. The highest BCUT2D eigenvalue weighted by molar-refractivity contribution is 6.33. The third-order valence-corrected chi connectivity index (χ3v) is 6.26. The summed E-state index contributed by atoms with van der Waals surface area (Å²) in [6, 6.07) is 19.6. The van der Waals surface area contributed by atoms with Crippen molar-refractivity contribution in [1.82, 2.24) is 10.2 Å². The number of carboxylic acid groups (broad SMARTS) is 2. The smallest absolute Gasteiger partial charge is 0.410 e. The number of rotatable bonds is 12. The second kappa shape index (κ2) is 14.1. The molecule has 0 saturated heterocycles. The van der Waals surface area contributed by atoms with Crippen molar-refractivity contribution < 1.29 is 34.1 Å². The Morgan fingerprint density at radius 1 is 0.925 bits per heavy atom. The van der Waals surface area contributed by atoms with Gasteiger partial charge in [-0.15, -0.1) is 0 Å². The Hall–Kier alpha value is -4.37. The molecule has 0 heterocycles. The zero-order chi connectivity index (χ0) is 29.2. The first-order valence-corrected chi connectivity index (χ1v) is 13.0. The molecule has 0 aromatic heterocycles. The van der Waals surface area contributed by atoms with Crippen molar-refractivity contribution in [1.29, 1.82) is 0 Å². The third kappa shape index (κ3) is 8.57. The average Bonchev–Trinajstić information content (AvgIpc) is 2.91. The van der Waals surface area contributed by atoms with Gasteiger partial charge >= 0.3 is 18.0 Å². The number of hydrogen-bond acceptors (Lipinski definition) is 5. The van der Waals surface area contributed by atoms with E-state index in [0.29, 0.717) is 11.1 Å². The number of nitrogens with one attached hydrogen (secondary N) is 1. The summed E-state index contributed by atoms with van der Waals surface area (Å²) in [5.41, 5.74) is 3.15. The van der Waals surface area contributed by atoms with E-state index in [2.05, 4.69) is 5.32 Å². The van der Waals surface area contributed by atoms with Crippen molar-refractivity contribution in [2.45, 2.75) is 32.9 Å². The van der Waals surface area contributed by atoms with E-state index in [1.165, 1.54) is 6.07 Å². The van der Waals surface area contributed by atoms with Gasteiger partial charge in [-0.05, 0) is 40.3 Å². The highest BCUT2D eigenvalue weighted by atomic mass is 35.5. The van der Waals surface area contributed by atoms with Crippen molar-refractivity contribution in [3.05, 3.63) is 94.5 Å². The van der Waals surface area contributed by atoms with Crippen LogP contribution in [-0.2, 0) is 27.3 Å². The second-order valence-electron chi connectivity index (χ2n) is 9.62. The molecule has 210 valence electrons. The Labute approximate surface area is 237 Å². The number of aliphatic carboxylic acids is 2. The molecule has 3 aromatic carbocycles. The summed E-state index contributed by atoms with van der Waals surface area (Å²) in [4.78, 5) is 49.6. The predicted octanol–water partition coefficient (Wildman–Crippen LogP) is 5.11. The second-order valence-corrected chi connectivity index (χ2v) is 10.0. The van der Waals surface area contributed by atoms with E-state index >= 15 is 0 Å². The lowest BCUT2D eigenvalue weighted by molar-refractivity contribution is -0.139. The molecule has 10 heteroatoms. The van der Waals surface area contributed by atoms with Gasteiger partial charge in [0.25, 0.3) is 5.91 Å². The third-order valence-electron chi connectivity index (χ3n) is 5.93. The maximum absolute atomic E-state index is 12.6. The van der Waals surface area contributed by atoms with Gasteiger partial charge in [-0.25, -0.2) is 9.59 Å². The summed E-state index contributed by atoms with van der Waals surface area (Å²) in [5.74, 6) is -2.82. The fraction of sp³-hybridized carbons (Fsp3) is 0.267. The number of halogens is 1. The summed E-state index contributed by atoms with van der Waals surface area (Å²) in [5, 5.41) is 21.8. The van der Waals surface area contributed by atoms with Crippen LogP contribution in [0.15, 0.2) is 72.8 Å². The summed E-state index contributed by atoms with van der Waals surface area (Å²) in [6.45, 7) is 3.46. The van der Waals surface area contributed by atoms with E-state index in [0.717, 1.165) is 16.0 Å². The monoisotopic (exact) mass is 566 g/mol. The van der Waals surface area contributed by atoms with Crippen LogP contribution in [0, 0.1) is 5.92 Å². The van der Waals surface area contributed by atoms with Crippen LogP contribution >= 0.6 is 11.6 Å². The number of carbonyl (C=O) groups is 4. The molecule has 9 nitrogen and oxygen atoms in total. The first-order valence-electron chi connectivity index (χ1n) is 12.6. The summed E-state index contributed by atoms with van der Waals surface area (Å²) in [6.07, 6.45) is -0.665. The summed E-state index contributed by atoms with van der Waals surface area (Å²) in [7, 11) is 0.